The number of ether oxygens (including phenoxy) is 2. The largest absolute Gasteiger partial charge is 0.495 e. The van der Waals surface area contributed by atoms with Crippen LogP contribution in [0.15, 0.2) is 29.0 Å². The summed E-state index contributed by atoms with van der Waals surface area (Å²) in [7, 11) is 4.84. The van der Waals surface area contributed by atoms with E-state index >= 15 is 0 Å². The molecule has 20 heavy (non-hydrogen) atoms. The van der Waals surface area contributed by atoms with Crippen LogP contribution < -0.4 is 14.8 Å². The van der Waals surface area contributed by atoms with Gasteiger partial charge in [-0.15, -0.1) is 0 Å². The maximum atomic E-state index is 12.2. The van der Waals surface area contributed by atoms with Gasteiger partial charge in [-0.1, -0.05) is 0 Å². The first-order valence-corrected chi connectivity index (χ1v) is 6.56. The van der Waals surface area contributed by atoms with Crippen LogP contribution >= 0.6 is 15.9 Å². The summed E-state index contributed by atoms with van der Waals surface area (Å²) in [6.07, 6.45) is 3.29. The average molecular weight is 340 g/mol. The van der Waals surface area contributed by atoms with E-state index < -0.39 is 0 Å². The lowest BCUT2D eigenvalue weighted by molar-refractivity contribution is 0.102. The predicted molar refractivity (Wildman–Crippen MR) is 78.4 cm³/mol. The first-order valence-electron chi connectivity index (χ1n) is 5.76. The monoisotopic (exact) mass is 339 g/mol. The van der Waals surface area contributed by atoms with Crippen LogP contribution in [0.3, 0.4) is 0 Å². The fourth-order valence-electron chi connectivity index (χ4n) is 1.69. The second kappa shape index (κ2) is 5.96. The van der Waals surface area contributed by atoms with Gasteiger partial charge in [0.2, 0.25) is 0 Å². The molecule has 1 heterocycles. The van der Waals surface area contributed by atoms with Gasteiger partial charge in [-0.25, -0.2) is 0 Å². The lowest BCUT2D eigenvalue weighted by Crippen LogP contribution is -2.12. The minimum absolute atomic E-state index is 0.262. The number of carbonyl (C=O) groups is 1. The van der Waals surface area contributed by atoms with E-state index in [-0.39, 0.29) is 5.91 Å². The highest BCUT2D eigenvalue weighted by Crippen LogP contribution is 2.35. The number of amides is 1. The van der Waals surface area contributed by atoms with E-state index in [1.165, 1.54) is 14.2 Å². The van der Waals surface area contributed by atoms with Gasteiger partial charge in [-0.05, 0) is 28.1 Å². The molecule has 0 atom stereocenters. The number of carbonyl (C=O) groups excluding carboxylic acids is 1. The molecule has 7 heteroatoms. The number of aromatic nitrogens is 2. The fraction of sp³-hybridized carbons (Fsp3) is 0.231. The third-order valence-corrected chi connectivity index (χ3v) is 3.45. The molecule has 1 aromatic carbocycles. The van der Waals surface area contributed by atoms with Crippen molar-refractivity contribution in [2.45, 2.75) is 0 Å². The van der Waals surface area contributed by atoms with Crippen molar-refractivity contribution in [3.8, 4) is 11.5 Å². The highest BCUT2D eigenvalue weighted by Gasteiger charge is 2.15. The number of aryl methyl sites for hydroxylation is 1. The van der Waals surface area contributed by atoms with Crippen LogP contribution in [0.5, 0.6) is 11.5 Å². The minimum Gasteiger partial charge on any atom is -0.495 e. The van der Waals surface area contributed by atoms with Crippen molar-refractivity contribution in [3.63, 3.8) is 0 Å². The molecule has 0 aliphatic rings. The van der Waals surface area contributed by atoms with Gasteiger partial charge in [-0.2, -0.15) is 5.10 Å². The molecule has 106 valence electrons. The normalized spacial score (nSPS) is 10.2. The molecule has 0 spiro atoms. The minimum atomic E-state index is -0.262. The number of benzene rings is 1. The summed E-state index contributed by atoms with van der Waals surface area (Å²) in [6, 6.07) is 3.27. The Morgan fingerprint density at radius 2 is 1.90 bits per heavy atom. The first-order chi connectivity index (χ1) is 9.55. The SMILES string of the molecule is COc1cc(C(=O)Nc2cnn(C)c2)cc(OC)c1Br. The third-order valence-electron chi connectivity index (χ3n) is 2.67. The van der Waals surface area contributed by atoms with Gasteiger partial charge < -0.3 is 14.8 Å². The molecule has 0 radical (unpaired) electrons. The van der Waals surface area contributed by atoms with Crippen molar-refractivity contribution in [1.82, 2.24) is 9.78 Å². The summed E-state index contributed by atoms with van der Waals surface area (Å²) < 4.78 is 12.7. The lowest BCUT2D eigenvalue weighted by Gasteiger charge is -2.11. The van der Waals surface area contributed by atoms with Crippen LogP contribution in [-0.4, -0.2) is 29.9 Å². The first kappa shape index (κ1) is 14.4. The summed E-state index contributed by atoms with van der Waals surface area (Å²) in [5.41, 5.74) is 1.06. The van der Waals surface area contributed by atoms with Crippen molar-refractivity contribution in [2.24, 2.45) is 7.05 Å². The number of halogens is 1. The van der Waals surface area contributed by atoms with Gasteiger partial charge in [0.25, 0.3) is 5.91 Å². The van der Waals surface area contributed by atoms with Gasteiger partial charge in [-0.3, -0.25) is 9.48 Å². The van der Waals surface area contributed by atoms with E-state index in [1.54, 1.807) is 36.3 Å². The molecule has 1 N–H and O–H groups in total. The summed E-state index contributed by atoms with van der Waals surface area (Å²) >= 11 is 3.36. The zero-order valence-corrected chi connectivity index (χ0v) is 12.9. The fourth-order valence-corrected chi connectivity index (χ4v) is 2.24. The highest BCUT2D eigenvalue weighted by atomic mass is 79.9. The number of hydrogen-bond donors (Lipinski definition) is 1. The molecule has 2 aromatic rings. The van der Waals surface area contributed by atoms with Gasteiger partial charge in [0.05, 0.1) is 26.1 Å². The van der Waals surface area contributed by atoms with Gasteiger partial charge in [0, 0.05) is 18.8 Å². The Morgan fingerprint density at radius 3 is 2.35 bits per heavy atom. The number of hydrogen-bond acceptors (Lipinski definition) is 4. The molecule has 0 saturated carbocycles. The van der Waals surface area contributed by atoms with Crippen LogP contribution in [-0.2, 0) is 7.05 Å². The quantitative estimate of drug-likeness (QED) is 0.929. The summed E-state index contributed by atoms with van der Waals surface area (Å²) in [5.74, 6) is 0.795. The van der Waals surface area contributed by atoms with E-state index in [1.807, 2.05) is 0 Å². The molecular formula is C13H14BrN3O3. The predicted octanol–water partition coefficient (Wildman–Crippen LogP) is 2.45. The summed E-state index contributed by atoms with van der Waals surface area (Å²) in [5, 5.41) is 6.74. The number of anilines is 1. The smallest absolute Gasteiger partial charge is 0.256 e. The number of nitrogens with zero attached hydrogens (tertiary/aromatic N) is 2. The van der Waals surface area contributed by atoms with Crippen molar-refractivity contribution < 1.29 is 14.3 Å². The Kier molecular flexibility index (Phi) is 4.29. The van der Waals surface area contributed by atoms with Crippen LogP contribution in [0.2, 0.25) is 0 Å². The number of methoxy groups -OCH3 is 2. The molecule has 0 bridgehead atoms. The van der Waals surface area contributed by atoms with Crippen LogP contribution in [0.1, 0.15) is 10.4 Å². The van der Waals surface area contributed by atoms with Crippen molar-refractivity contribution in [1.29, 1.82) is 0 Å². The molecule has 0 saturated heterocycles. The third kappa shape index (κ3) is 2.93. The lowest BCUT2D eigenvalue weighted by atomic mass is 10.2. The molecule has 1 aromatic heterocycles. The number of nitrogens with one attached hydrogen (secondary N) is 1. The van der Waals surface area contributed by atoms with Gasteiger partial charge in [0.15, 0.2) is 0 Å². The Morgan fingerprint density at radius 1 is 1.30 bits per heavy atom. The average Bonchev–Trinajstić information content (AvgIpc) is 2.84. The maximum absolute atomic E-state index is 12.2. The van der Waals surface area contributed by atoms with Crippen molar-refractivity contribution >= 4 is 27.5 Å². The number of rotatable bonds is 4. The Bertz CT molecular complexity index is 615. The topological polar surface area (TPSA) is 65.4 Å². The molecule has 6 nitrogen and oxygen atoms in total. The van der Waals surface area contributed by atoms with E-state index in [0.29, 0.717) is 27.2 Å². The molecule has 2 rings (SSSR count). The molecule has 0 aliphatic carbocycles. The Balaban J connectivity index is 2.29. The molecule has 0 aliphatic heterocycles. The van der Waals surface area contributed by atoms with Gasteiger partial charge in [0.1, 0.15) is 16.0 Å². The van der Waals surface area contributed by atoms with E-state index in [2.05, 4.69) is 26.3 Å². The van der Waals surface area contributed by atoms with E-state index in [9.17, 15) is 4.79 Å². The molecule has 0 fully saturated rings. The maximum Gasteiger partial charge on any atom is 0.256 e. The molecular weight excluding hydrogens is 326 g/mol. The zero-order valence-electron chi connectivity index (χ0n) is 11.3. The highest BCUT2D eigenvalue weighted by molar-refractivity contribution is 9.10. The van der Waals surface area contributed by atoms with Crippen LogP contribution in [0.4, 0.5) is 5.69 Å². The standard InChI is InChI=1S/C13H14BrN3O3/c1-17-7-9(6-15-17)16-13(18)8-4-10(19-2)12(14)11(5-8)20-3/h4-7H,1-3H3,(H,16,18). The van der Waals surface area contributed by atoms with E-state index in [4.69, 9.17) is 9.47 Å². The zero-order chi connectivity index (χ0) is 14.7. The van der Waals surface area contributed by atoms with Crippen LogP contribution in [0, 0.1) is 0 Å². The van der Waals surface area contributed by atoms with Crippen molar-refractivity contribution in [3.05, 3.63) is 34.6 Å². The summed E-state index contributed by atoms with van der Waals surface area (Å²) in [6.45, 7) is 0. The molecule has 1 amide bonds. The summed E-state index contributed by atoms with van der Waals surface area (Å²) in [4.78, 5) is 12.2. The Hall–Kier alpha value is -2.02. The second-order valence-corrected chi connectivity index (χ2v) is 4.84. The Labute approximate surface area is 124 Å². The van der Waals surface area contributed by atoms with Gasteiger partial charge >= 0.3 is 0 Å². The van der Waals surface area contributed by atoms with Crippen molar-refractivity contribution in [2.75, 3.05) is 19.5 Å². The second-order valence-electron chi connectivity index (χ2n) is 4.05. The molecule has 0 unspecified atom stereocenters. The van der Waals surface area contributed by atoms with E-state index in [0.717, 1.165) is 0 Å². The van der Waals surface area contributed by atoms with Crippen LogP contribution in [0.25, 0.3) is 0 Å².